The van der Waals surface area contributed by atoms with E-state index in [1.807, 2.05) is 36.4 Å². The van der Waals surface area contributed by atoms with E-state index in [9.17, 15) is 0 Å². The van der Waals surface area contributed by atoms with Crippen LogP contribution in [0.1, 0.15) is 0 Å². The predicted molar refractivity (Wildman–Crippen MR) is 56.4 cm³/mol. The number of para-hydroxylation sites is 1. The van der Waals surface area contributed by atoms with Gasteiger partial charge in [-0.3, -0.25) is 0 Å². The summed E-state index contributed by atoms with van der Waals surface area (Å²) in [5.74, 6) is 0. The average molecular weight is 185 g/mol. The smallest absolute Gasteiger partial charge is 0.181 e. The van der Waals surface area contributed by atoms with Crippen molar-refractivity contribution in [2.45, 2.75) is 0 Å². The Morgan fingerprint density at radius 3 is 2.21 bits per heavy atom. The first-order valence-corrected chi connectivity index (χ1v) is 4.03. The molecule has 0 aliphatic rings. The second-order valence-corrected chi connectivity index (χ2v) is 2.26. The van der Waals surface area contributed by atoms with Crippen LogP contribution in [-0.4, -0.2) is 6.54 Å². The fourth-order valence-corrected chi connectivity index (χ4v) is 0.746. The molecule has 70 valence electrons. The van der Waals surface area contributed by atoms with Gasteiger partial charge in [0, 0.05) is 12.2 Å². The van der Waals surface area contributed by atoms with Gasteiger partial charge in [-0.05, 0) is 12.1 Å². The summed E-state index contributed by atoms with van der Waals surface area (Å²) < 4.78 is 0. The van der Waals surface area contributed by atoms with E-state index in [4.69, 9.17) is 10.5 Å². The molecule has 0 radical (unpaired) electrons. The van der Waals surface area contributed by atoms with E-state index < -0.39 is 0 Å². The molecule has 0 bridgehead atoms. The fourth-order valence-electron chi connectivity index (χ4n) is 0.746. The van der Waals surface area contributed by atoms with Crippen LogP contribution in [0.5, 0.6) is 0 Å². The molecule has 0 fully saturated rings. The van der Waals surface area contributed by atoms with Gasteiger partial charge in [0.05, 0.1) is 0 Å². The summed E-state index contributed by atoms with van der Waals surface area (Å²) in [6.45, 7) is 4.44. The van der Waals surface area contributed by atoms with Crippen molar-refractivity contribution in [1.82, 2.24) is 0 Å². The molecular weight excluding hydrogens is 174 g/mol. The first-order valence-electron chi connectivity index (χ1n) is 4.03. The van der Waals surface area contributed by atoms with Crippen molar-refractivity contribution in [1.29, 1.82) is 10.5 Å². The van der Waals surface area contributed by atoms with Crippen molar-refractivity contribution in [3.8, 4) is 12.1 Å². The Labute approximate surface area is 83.9 Å². The van der Waals surface area contributed by atoms with Crippen molar-refractivity contribution in [2.24, 2.45) is 0 Å². The molecule has 0 aliphatic heterocycles. The van der Waals surface area contributed by atoms with Crippen LogP contribution in [0.25, 0.3) is 0 Å². The minimum atomic E-state index is 0.823. The lowest BCUT2D eigenvalue weighted by molar-refractivity contribution is 1.34. The van der Waals surface area contributed by atoms with Gasteiger partial charge >= 0.3 is 0 Å². The molecule has 0 aliphatic carbocycles. The summed E-state index contributed by atoms with van der Waals surface area (Å²) in [7, 11) is 0. The number of anilines is 1. The molecule has 0 unspecified atom stereocenters. The zero-order valence-corrected chi connectivity index (χ0v) is 7.77. The molecule has 1 rings (SSSR count). The van der Waals surface area contributed by atoms with Crippen molar-refractivity contribution in [3.63, 3.8) is 0 Å². The van der Waals surface area contributed by atoms with Gasteiger partial charge in [-0.25, -0.2) is 0 Å². The summed E-state index contributed by atoms with van der Waals surface area (Å²) in [4.78, 5) is 0. The van der Waals surface area contributed by atoms with E-state index in [0.29, 0.717) is 0 Å². The maximum Gasteiger partial charge on any atom is 0.181 e. The molecular formula is C11H11N3. The van der Waals surface area contributed by atoms with Gasteiger partial charge in [-0.15, -0.1) is 6.58 Å². The second kappa shape index (κ2) is 8.83. The molecule has 0 amide bonds. The number of benzene rings is 1. The van der Waals surface area contributed by atoms with Gasteiger partial charge in [0.2, 0.25) is 0 Å². The van der Waals surface area contributed by atoms with Crippen LogP contribution in [-0.2, 0) is 0 Å². The Morgan fingerprint density at radius 2 is 1.79 bits per heavy atom. The highest BCUT2D eigenvalue weighted by Gasteiger charge is 1.82. The summed E-state index contributed by atoms with van der Waals surface area (Å²) in [5.41, 5.74) is 1.14. The minimum Gasteiger partial charge on any atom is -0.382 e. The topological polar surface area (TPSA) is 59.6 Å². The Hall–Kier alpha value is -2.26. The molecule has 0 spiro atoms. The molecule has 0 aromatic heterocycles. The van der Waals surface area contributed by atoms with Gasteiger partial charge < -0.3 is 5.32 Å². The monoisotopic (exact) mass is 185 g/mol. The van der Waals surface area contributed by atoms with Crippen LogP contribution < -0.4 is 5.32 Å². The molecule has 3 nitrogen and oxygen atoms in total. The Balaban J connectivity index is 0.000000364. The van der Waals surface area contributed by atoms with Gasteiger partial charge in [-0.1, -0.05) is 24.3 Å². The number of nitriles is 2. The third kappa shape index (κ3) is 6.45. The van der Waals surface area contributed by atoms with E-state index in [1.54, 1.807) is 0 Å². The van der Waals surface area contributed by atoms with E-state index in [2.05, 4.69) is 11.9 Å². The standard InChI is InChI=1S/C9H11N.C2N2/c1-2-8-10-9-6-4-3-5-7-9;3-1-2-4/h2-7,10H,1,8H2;. The van der Waals surface area contributed by atoms with Gasteiger partial charge in [0.25, 0.3) is 0 Å². The van der Waals surface area contributed by atoms with Crippen LogP contribution in [0.4, 0.5) is 5.69 Å². The Morgan fingerprint density at radius 1 is 1.21 bits per heavy atom. The van der Waals surface area contributed by atoms with E-state index in [-0.39, 0.29) is 0 Å². The highest BCUT2D eigenvalue weighted by molar-refractivity contribution is 5.42. The molecule has 14 heavy (non-hydrogen) atoms. The van der Waals surface area contributed by atoms with Crippen molar-refractivity contribution in [3.05, 3.63) is 43.0 Å². The third-order valence-electron chi connectivity index (χ3n) is 1.27. The van der Waals surface area contributed by atoms with E-state index in [1.165, 1.54) is 12.1 Å². The molecule has 0 saturated carbocycles. The van der Waals surface area contributed by atoms with Crippen molar-refractivity contribution >= 4 is 5.69 Å². The van der Waals surface area contributed by atoms with E-state index >= 15 is 0 Å². The van der Waals surface area contributed by atoms with Crippen LogP contribution in [0, 0.1) is 22.7 Å². The number of hydrogen-bond acceptors (Lipinski definition) is 3. The maximum absolute atomic E-state index is 7.26. The molecule has 0 saturated heterocycles. The van der Waals surface area contributed by atoms with Crippen LogP contribution in [0.15, 0.2) is 43.0 Å². The zero-order valence-electron chi connectivity index (χ0n) is 7.77. The SMILES string of the molecule is C=CCNc1ccccc1.N#CC#N. The van der Waals surface area contributed by atoms with Gasteiger partial charge in [0.15, 0.2) is 12.1 Å². The lowest BCUT2D eigenvalue weighted by Gasteiger charge is -2.00. The lowest BCUT2D eigenvalue weighted by Crippen LogP contribution is -1.96. The van der Waals surface area contributed by atoms with E-state index in [0.717, 1.165) is 12.2 Å². The summed E-state index contributed by atoms with van der Waals surface area (Å²) in [6.07, 6.45) is 1.84. The molecule has 1 aromatic carbocycles. The molecule has 1 N–H and O–H groups in total. The number of nitrogens with zero attached hydrogens (tertiary/aromatic N) is 2. The molecule has 0 atom stereocenters. The summed E-state index contributed by atoms with van der Waals surface area (Å²) in [6, 6.07) is 12.5. The zero-order chi connectivity index (χ0) is 10.6. The summed E-state index contributed by atoms with van der Waals surface area (Å²) >= 11 is 0. The third-order valence-corrected chi connectivity index (χ3v) is 1.27. The minimum absolute atomic E-state index is 0.823. The number of nitrogens with one attached hydrogen (secondary N) is 1. The Kier molecular flexibility index (Phi) is 7.41. The normalized spacial score (nSPS) is 7.00. The van der Waals surface area contributed by atoms with Crippen molar-refractivity contribution < 1.29 is 0 Å². The fraction of sp³-hybridized carbons (Fsp3) is 0.0909. The second-order valence-electron chi connectivity index (χ2n) is 2.26. The van der Waals surface area contributed by atoms with Crippen LogP contribution in [0.2, 0.25) is 0 Å². The average Bonchev–Trinajstić information content (AvgIpc) is 2.28. The van der Waals surface area contributed by atoms with Crippen LogP contribution >= 0.6 is 0 Å². The quantitative estimate of drug-likeness (QED) is 0.735. The largest absolute Gasteiger partial charge is 0.382 e. The molecule has 1 aromatic rings. The lowest BCUT2D eigenvalue weighted by atomic mass is 10.3. The molecule has 3 heteroatoms. The van der Waals surface area contributed by atoms with Gasteiger partial charge in [-0.2, -0.15) is 10.5 Å². The Bertz CT molecular complexity index is 318. The van der Waals surface area contributed by atoms with Crippen LogP contribution in [0.3, 0.4) is 0 Å². The number of hydrogen-bond donors (Lipinski definition) is 1. The first kappa shape index (κ1) is 11.7. The number of rotatable bonds is 3. The van der Waals surface area contributed by atoms with Gasteiger partial charge in [0.1, 0.15) is 0 Å². The maximum atomic E-state index is 7.26. The van der Waals surface area contributed by atoms with Crippen molar-refractivity contribution in [2.75, 3.05) is 11.9 Å². The highest BCUT2D eigenvalue weighted by Crippen LogP contribution is 2.03. The molecule has 0 heterocycles. The highest BCUT2D eigenvalue weighted by atomic mass is 14.8. The first-order chi connectivity index (χ1) is 6.85. The predicted octanol–water partition coefficient (Wildman–Crippen LogP) is 2.32. The summed E-state index contributed by atoms with van der Waals surface area (Å²) in [5, 5.41) is 17.7.